The molecule has 0 saturated carbocycles. The molecule has 4 N–H and O–H groups in total. The van der Waals surface area contributed by atoms with E-state index >= 15 is 0 Å². The number of benzene rings is 1. The number of rotatable bonds is 5. The number of hydrogen-bond acceptors (Lipinski definition) is 6. The normalized spacial score (nSPS) is 10.4. The van der Waals surface area contributed by atoms with Crippen molar-refractivity contribution >= 4 is 17.3 Å². The van der Waals surface area contributed by atoms with E-state index in [-0.39, 0.29) is 5.92 Å². The summed E-state index contributed by atoms with van der Waals surface area (Å²) in [6, 6.07) is 9.37. The molecule has 0 atom stereocenters. The smallest absolute Gasteiger partial charge is 0.145 e. The summed E-state index contributed by atoms with van der Waals surface area (Å²) in [4.78, 5) is 8.78. The number of ether oxygens (including phenoxy) is 1. The maximum absolute atomic E-state index is 5.43. The van der Waals surface area contributed by atoms with Gasteiger partial charge in [-0.05, 0) is 24.3 Å². The Morgan fingerprint density at radius 2 is 1.75 bits per heavy atom. The molecule has 1 aromatic heterocycles. The van der Waals surface area contributed by atoms with Crippen molar-refractivity contribution in [2.24, 2.45) is 5.84 Å². The van der Waals surface area contributed by atoms with Gasteiger partial charge in [0.05, 0.1) is 7.11 Å². The minimum Gasteiger partial charge on any atom is -0.497 e. The highest BCUT2D eigenvalue weighted by atomic mass is 16.5. The summed E-state index contributed by atoms with van der Waals surface area (Å²) in [5.41, 5.74) is 3.47. The summed E-state index contributed by atoms with van der Waals surface area (Å²) in [5, 5.41) is 3.22. The Bertz CT molecular complexity index is 568. The molecule has 2 rings (SSSR count). The van der Waals surface area contributed by atoms with Crippen LogP contribution in [0.2, 0.25) is 0 Å². The Hall–Kier alpha value is -2.34. The number of hydrogen-bond donors (Lipinski definition) is 3. The van der Waals surface area contributed by atoms with Gasteiger partial charge in [0.15, 0.2) is 0 Å². The number of nitrogens with one attached hydrogen (secondary N) is 2. The van der Waals surface area contributed by atoms with Crippen LogP contribution in [0, 0.1) is 0 Å². The Morgan fingerprint density at radius 3 is 2.30 bits per heavy atom. The monoisotopic (exact) mass is 273 g/mol. The first-order valence-electron chi connectivity index (χ1n) is 6.39. The zero-order valence-corrected chi connectivity index (χ0v) is 11.8. The number of methoxy groups -OCH3 is 1. The van der Waals surface area contributed by atoms with E-state index in [4.69, 9.17) is 10.6 Å². The predicted molar refractivity (Wildman–Crippen MR) is 80.2 cm³/mol. The third kappa shape index (κ3) is 3.36. The van der Waals surface area contributed by atoms with E-state index in [1.165, 1.54) is 0 Å². The van der Waals surface area contributed by atoms with Crippen LogP contribution in [-0.4, -0.2) is 17.1 Å². The van der Waals surface area contributed by atoms with Gasteiger partial charge in [-0.2, -0.15) is 0 Å². The lowest BCUT2D eigenvalue weighted by Gasteiger charge is -2.11. The highest BCUT2D eigenvalue weighted by Crippen LogP contribution is 2.21. The van der Waals surface area contributed by atoms with Gasteiger partial charge in [0.1, 0.15) is 23.2 Å². The minimum atomic E-state index is 0.222. The molecule has 0 aliphatic rings. The van der Waals surface area contributed by atoms with Crippen molar-refractivity contribution in [3.05, 3.63) is 36.2 Å². The average molecular weight is 273 g/mol. The molecule has 0 aliphatic carbocycles. The summed E-state index contributed by atoms with van der Waals surface area (Å²) >= 11 is 0. The minimum absolute atomic E-state index is 0.222. The Morgan fingerprint density at radius 1 is 1.10 bits per heavy atom. The van der Waals surface area contributed by atoms with Crippen molar-refractivity contribution in [2.75, 3.05) is 17.9 Å². The lowest BCUT2D eigenvalue weighted by atomic mass is 10.2. The van der Waals surface area contributed by atoms with E-state index in [0.717, 1.165) is 17.3 Å². The number of anilines is 3. The second kappa shape index (κ2) is 6.21. The fourth-order valence-electron chi connectivity index (χ4n) is 1.68. The fraction of sp³-hybridized carbons (Fsp3) is 0.286. The first kappa shape index (κ1) is 14.1. The molecule has 1 aromatic carbocycles. The van der Waals surface area contributed by atoms with Crippen molar-refractivity contribution in [1.82, 2.24) is 9.97 Å². The van der Waals surface area contributed by atoms with Crippen LogP contribution in [-0.2, 0) is 0 Å². The van der Waals surface area contributed by atoms with Crippen LogP contribution in [0.3, 0.4) is 0 Å². The molecule has 6 heteroatoms. The summed E-state index contributed by atoms with van der Waals surface area (Å²) in [6.07, 6.45) is 0. The van der Waals surface area contributed by atoms with Gasteiger partial charge >= 0.3 is 0 Å². The maximum atomic E-state index is 5.43. The Kier molecular flexibility index (Phi) is 4.37. The predicted octanol–water partition coefficient (Wildman–Crippen LogP) is 2.64. The molecule has 0 radical (unpaired) electrons. The first-order valence-corrected chi connectivity index (χ1v) is 6.39. The van der Waals surface area contributed by atoms with Crippen LogP contribution >= 0.6 is 0 Å². The molecule has 20 heavy (non-hydrogen) atoms. The quantitative estimate of drug-likeness (QED) is 0.573. The van der Waals surface area contributed by atoms with Gasteiger partial charge in [0.2, 0.25) is 0 Å². The molecule has 1 heterocycles. The van der Waals surface area contributed by atoms with Crippen LogP contribution in [0.15, 0.2) is 30.3 Å². The second-order valence-corrected chi connectivity index (χ2v) is 4.65. The summed E-state index contributed by atoms with van der Waals surface area (Å²) in [6.45, 7) is 4.07. The summed E-state index contributed by atoms with van der Waals surface area (Å²) in [5.74, 6) is 8.48. The van der Waals surface area contributed by atoms with Gasteiger partial charge < -0.3 is 15.5 Å². The van der Waals surface area contributed by atoms with E-state index < -0.39 is 0 Å². The second-order valence-electron chi connectivity index (χ2n) is 4.65. The van der Waals surface area contributed by atoms with Gasteiger partial charge in [-0.1, -0.05) is 13.8 Å². The molecule has 0 amide bonds. The van der Waals surface area contributed by atoms with Crippen LogP contribution < -0.4 is 21.3 Å². The van der Waals surface area contributed by atoms with Gasteiger partial charge in [0, 0.05) is 17.7 Å². The van der Waals surface area contributed by atoms with Gasteiger partial charge in [-0.15, -0.1) is 0 Å². The van der Waals surface area contributed by atoms with Gasteiger partial charge in [-0.25, -0.2) is 15.8 Å². The molecule has 0 spiro atoms. The van der Waals surface area contributed by atoms with Crippen molar-refractivity contribution in [2.45, 2.75) is 19.8 Å². The molecule has 106 valence electrons. The molecule has 0 fully saturated rings. The zero-order chi connectivity index (χ0) is 14.5. The van der Waals surface area contributed by atoms with Gasteiger partial charge in [-0.3, -0.25) is 0 Å². The molecular weight excluding hydrogens is 254 g/mol. The van der Waals surface area contributed by atoms with E-state index in [9.17, 15) is 0 Å². The lowest BCUT2D eigenvalue weighted by molar-refractivity contribution is 0.415. The lowest BCUT2D eigenvalue weighted by Crippen LogP contribution is -2.12. The fourth-order valence-corrected chi connectivity index (χ4v) is 1.68. The third-order valence-corrected chi connectivity index (χ3v) is 2.77. The summed E-state index contributed by atoms with van der Waals surface area (Å²) in [7, 11) is 1.64. The Labute approximate surface area is 118 Å². The van der Waals surface area contributed by atoms with Crippen molar-refractivity contribution in [1.29, 1.82) is 0 Å². The van der Waals surface area contributed by atoms with E-state index in [0.29, 0.717) is 11.6 Å². The van der Waals surface area contributed by atoms with E-state index in [2.05, 4.69) is 20.7 Å². The molecular formula is C14H19N5O. The van der Waals surface area contributed by atoms with Crippen LogP contribution in [0.25, 0.3) is 0 Å². The van der Waals surface area contributed by atoms with Crippen LogP contribution in [0.1, 0.15) is 25.6 Å². The summed E-state index contributed by atoms with van der Waals surface area (Å²) < 4.78 is 5.13. The first-order chi connectivity index (χ1) is 9.62. The van der Waals surface area contributed by atoms with E-state index in [1.807, 2.05) is 38.1 Å². The molecule has 0 saturated heterocycles. The maximum Gasteiger partial charge on any atom is 0.145 e. The van der Waals surface area contributed by atoms with E-state index in [1.54, 1.807) is 13.2 Å². The van der Waals surface area contributed by atoms with Crippen molar-refractivity contribution < 1.29 is 4.74 Å². The number of nitrogen functional groups attached to an aromatic ring is 1. The highest BCUT2D eigenvalue weighted by Gasteiger charge is 2.08. The topological polar surface area (TPSA) is 85.1 Å². The number of nitrogens with two attached hydrogens (primary N) is 1. The van der Waals surface area contributed by atoms with Crippen molar-refractivity contribution in [3.63, 3.8) is 0 Å². The standard InChI is InChI=1S/C14H19N5O/c1-9(2)14-17-12(8-13(18-14)19-15)16-10-4-6-11(20-3)7-5-10/h4-9H,15H2,1-3H3,(H2,16,17,18,19). The zero-order valence-electron chi connectivity index (χ0n) is 11.8. The molecule has 2 aromatic rings. The molecule has 6 nitrogen and oxygen atoms in total. The molecule has 0 bridgehead atoms. The average Bonchev–Trinajstić information content (AvgIpc) is 2.47. The SMILES string of the molecule is COc1ccc(Nc2cc(NN)nc(C(C)C)n2)cc1. The van der Waals surface area contributed by atoms with Crippen LogP contribution in [0.5, 0.6) is 5.75 Å². The number of hydrazine groups is 1. The van der Waals surface area contributed by atoms with Crippen LogP contribution in [0.4, 0.5) is 17.3 Å². The Balaban J connectivity index is 2.24. The highest BCUT2D eigenvalue weighted by molar-refractivity contribution is 5.59. The third-order valence-electron chi connectivity index (χ3n) is 2.77. The molecule has 0 aliphatic heterocycles. The molecule has 0 unspecified atom stereocenters. The number of aromatic nitrogens is 2. The number of nitrogens with zero attached hydrogens (tertiary/aromatic N) is 2. The van der Waals surface area contributed by atoms with Crippen molar-refractivity contribution in [3.8, 4) is 5.75 Å². The van der Waals surface area contributed by atoms with Gasteiger partial charge in [0.25, 0.3) is 0 Å². The largest absolute Gasteiger partial charge is 0.497 e.